The van der Waals surface area contributed by atoms with Crippen LogP contribution in [0.25, 0.3) is 0 Å². The van der Waals surface area contributed by atoms with Crippen molar-refractivity contribution >= 4 is 20.6 Å². The smallest absolute Gasteiger partial charge is 0.150 e. The molecule has 4 nitrogen and oxygen atoms in total. The fraction of sp³-hybridized carbons (Fsp3) is 1.00. The molecule has 2 heterocycles. The Bertz CT molecular complexity index is 304. The van der Waals surface area contributed by atoms with Crippen LogP contribution in [0.2, 0.25) is 0 Å². The molecule has 17 heavy (non-hydrogen) atoms. The van der Waals surface area contributed by atoms with Gasteiger partial charge in [-0.2, -0.15) is 0 Å². The third-order valence-corrected chi connectivity index (χ3v) is 6.12. The highest BCUT2D eigenvalue weighted by Crippen LogP contribution is 2.10. The van der Waals surface area contributed by atoms with Crippen LogP contribution < -0.4 is 5.32 Å². The molecule has 6 heteroatoms. The Kier molecular flexibility index (Phi) is 7.30. The minimum absolute atomic E-state index is 0.424. The Labute approximate surface area is 107 Å². The van der Waals surface area contributed by atoms with E-state index in [0.29, 0.717) is 11.5 Å². The standard InChI is InChI=1S/C6H12O2S.C5H11NOS/c7-9(8)5-3-1-2-4-6-9;7-8-4-1-2-6-3-5-8/h1-6H2;6H,1-5H2. The van der Waals surface area contributed by atoms with Gasteiger partial charge in [-0.05, 0) is 25.8 Å². The van der Waals surface area contributed by atoms with Crippen molar-refractivity contribution in [3.63, 3.8) is 0 Å². The van der Waals surface area contributed by atoms with E-state index in [1.165, 1.54) is 0 Å². The molecule has 0 aromatic heterocycles. The van der Waals surface area contributed by atoms with Gasteiger partial charge in [0.1, 0.15) is 9.84 Å². The zero-order valence-corrected chi connectivity index (χ0v) is 12.0. The minimum Gasteiger partial charge on any atom is -0.316 e. The molecular weight excluding hydrogens is 258 g/mol. The van der Waals surface area contributed by atoms with Crippen molar-refractivity contribution in [3.05, 3.63) is 0 Å². The number of hydrogen-bond acceptors (Lipinski definition) is 4. The van der Waals surface area contributed by atoms with Gasteiger partial charge in [0.25, 0.3) is 0 Å². The van der Waals surface area contributed by atoms with Crippen LogP contribution in [0, 0.1) is 0 Å². The lowest BCUT2D eigenvalue weighted by molar-refractivity contribution is 0.595. The summed E-state index contributed by atoms with van der Waals surface area (Å²) in [6, 6.07) is 0. The Morgan fingerprint density at radius 3 is 2.12 bits per heavy atom. The highest BCUT2D eigenvalue weighted by Gasteiger charge is 2.12. The van der Waals surface area contributed by atoms with Crippen molar-refractivity contribution in [1.82, 2.24) is 5.32 Å². The number of sulfone groups is 1. The van der Waals surface area contributed by atoms with Gasteiger partial charge in [0.15, 0.2) is 0 Å². The molecule has 102 valence electrons. The summed E-state index contributed by atoms with van der Waals surface area (Å²) >= 11 is 0. The van der Waals surface area contributed by atoms with E-state index in [1.807, 2.05) is 0 Å². The van der Waals surface area contributed by atoms with Gasteiger partial charge in [-0.25, -0.2) is 8.42 Å². The van der Waals surface area contributed by atoms with E-state index in [2.05, 4.69) is 5.32 Å². The molecule has 2 saturated heterocycles. The number of nitrogens with one attached hydrogen (secondary N) is 1. The summed E-state index contributed by atoms with van der Waals surface area (Å²) < 4.78 is 32.5. The maximum Gasteiger partial charge on any atom is 0.150 e. The average molecular weight is 281 g/mol. The van der Waals surface area contributed by atoms with Crippen molar-refractivity contribution in [1.29, 1.82) is 0 Å². The third kappa shape index (κ3) is 7.89. The minimum atomic E-state index is -2.62. The van der Waals surface area contributed by atoms with Crippen LogP contribution in [-0.2, 0) is 20.6 Å². The maximum absolute atomic E-state index is 10.9. The maximum atomic E-state index is 10.9. The van der Waals surface area contributed by atoms with E-state index in [9.17, 15) is 12.6 Å². The van der Waals surface area contributed by atoms with E-state index < -0.39 is 20.6 Å². The summed E-state index contributed by atoms with van der Waals surface area (Å²) in [6.45, 7) is 1.98. The van der Waals surface area contributed by atoms with Gasteiger partial charge >= 0.3 is 0 Å². The molecule has 2 aliphatic rings. The van der Waals surface area contributed by atoms with E-state index in [1.54, 1.807) is 0 Å². The van der Waals surface area contributed by atoms with Crippen LogP contribution >= 0.6 is 0 Å². The molecule has 2 aliphatic heterocycles. The third-order valence-electron chi connectivity index (χ3n) is 2.89. The molecule has 0 spiro atoms. The van der Waals surface area contributed by atoms with Crippen LogP contribution in [-0.4, -0.2) is 48.7 Å². The van der Waals surface area contributed by atoms with Crippen LogP contribution in [0.3, 0.4) is 0 Å². The summed E-state index contributed by atoms with van der Waals surface area (Å²) in [5.74, 6) is 2.59. The molecule has 2 rings (SSSR count). The molecule has 0 saturated carbocycles. The topological polar surface area (TPSA) is 63.2 Å². The molecule has 0 aromatic carbocycles. The van der Waals surface area contributed by atoms with Crippen LogP contribution in [0.15, 0.2) is 0 Å². The van der Waals surface area contributed by atoms with E-state index in [-0.39, 0.29) is 0 Å². The second-order valence-corrected chi connectivity index (χ2v) is 8.52. The summed E-state index contributed by atoms with van der Waals surface area (Å²) in [4.78, 5) is 0. The molecule has 0 bridgehead atoms. The Hall–Kier alpha value is 0.0600. The highest BCUT2D eigenvalue weighted by molar-refractivity contribution is 7.91. The lowest BCUT2D eigenvalue weighted by Gasteiger charge is -1.93. The summed E-state index contributed by atoms with van der Waals surface area (Å²) in [6.07, 6.45) is 5.02. The van der Waals surface area contributed by atoms with Gasteiger partial charge in [0, 0.05) is 28.9 Å². The first kappa shape index (κ1) is 15.1. The summed E-state index contributed by atoms with van der Waals surface area (Å²) in [5.41, 5.74) is 0. The van der Waals surface area contributed by atoms with Gasteiger partial charge in [-0.3, -0.25) is 4.21 Å². The quantitative estimate of drug-likeness (QED) is 0.710. The monoisotopic (exact) mass is 281 g/mol. The van der Waals surface area contributed by atoms with Gasteiger partial charge < -0.3 is 5.32 Å². The fourth-order valence-corrected chi connectivity index (χ4v) is 4.41. The molecule has 1 N–H and O–H groups in total. The second-order valence-electron chi connectivity index (χ2n) is 4.52. The van der Waals surface area contributed by atoms with Crippen molar-refractivity contribution < 1.29 is 12.6 Å². The van der Waals surface area contributed by atoms with Gasteiger partial charge in [-0.15, -0.1) is 0 Å². The molecule has 0 aromatic rings. The van der Waals surface area contributed by atoms with Crippen molar-refractivity contribution in [3.8, 4) is 0 Å². The Morgan fingerprint density at radius 2 is 1.47 bits per heavy atom. The normalized spacial score (nSPS) is 29.3. The van der Waals surface area contributed by atoms with E-state index >= 15 is 0 Å². The average Bonchev–Trinajstić information content (AvgIpc) is 2.61. The zero-order chi connectivity index (χ0) is 12.6. The molecule has 0 amide bonds. The lowest BCUT2D eigenvalue weighted by Crippen LogP contribution is -2.16. The van der Waals surface area contributed by atoms with E-state index in [0.717, 1.165) is 56.7 Å². The molecule has 1 atom stereocenters. The highest BCUT2D eigenvalue weighted by atomic mass is 32.2. The zero-order valence-electron chi connectivity index (χ0n) is 10.3. The summed E-state index contributed by atoms with van der Waals surface area (Å²) in [5, 5.41) is 3.18. The molecule has 0 radical (unpaired) electrons. The summed E-state index contributed by atoms with van der Waals surface area (Å²) in [7, 11) is -3.14. The first-order valence-corrected chi connectivity index (χ1v) is 9.67. The largest absolute Gasteiger partial charge is 0.316 e. The van der Waals surface area contributed by atoms with Crippen LogP contribution in [0.1, 0.15) is 32.1 Å². The number of rotatable bonds is 0. The first-order chi connectivity index (χ1) is 8.10. The predicted molar refractivity (Wildman–Crippen MR) is 72.5 cm³/mol. The van der Waals surface area contributed by atoms with Crippen molar-refractivity contribution in [2.45, 2.75) is 32.1 Å². The number of hydrogen-bond donors (Lipinski definition) is 1. The predicted octanol–water partition coefficient (Wildman–Crippen LogP) is 0.704. The first-order valence-electron chi connectivity index (χ1n) is 6.36. The molecule has 1 unspecified atom stereocenters. The second kappa shape index (κ2) is 8.21. The van der Waals surface area contributed by atoms with Crippen LogP contribution in [0.4, 0.5) is 0 Å². The molecule has 2 fully saturated rings. The van der Waals surface area contributed by atoms with Crippen LogP contribution in [0.5, 0.6) is 0 Å². The SMILES string of the molecule is O=S1(=O)CCCCCC1.O=S1CCCNCC1. The van der Waals surface area contributed by atoms with E-state index in [4.69, 9.17) is 0 Å². The van der Waals surface area contributed by atoms with Crippen molar-refractivity contribution in [2.75, 3.05) is 36.1 Å². The van der Waals surface area contributed by atoms with Gasteiger partial charge in [0.05, 0.1) is 11.5 Å². The van der Waals surface area contributed by atoms with Gasteiger partial charge in [-0.1, -0.05) is 12.8 Å². The Balaban J connectivity index is 0.000000171. The lowest BCUT2D eigenvalue weighted by atomic mass is 10.2. The fourth-order valence-electron chi connectivity index (χ4n) is 1.87. The molecular formula is C11H23NO3S2. The van der Waals surface area contributed by atoms with Crippen molar-refractivity contribution in [2.24, 2.45) is 0 Å². The molecule has 0 aliphatic carbocycles. The van der Waals surface area contributed by atoms with Gasteiger partial charge in [0.2, 0.25) is 0 Å². The Morgan fingerprint density at radius 1 is 0.824 bits per heavy atom.